The number of halogens is 1. The van der Waals surface area contributed by atoms with Crippen LogP contribution >= 0.6 is 11.6 Å². The molecule has 9 nitrogen and oxygen atoms in total. The van der Waals surface area contributed by atoms with Gasteiger partial charge in [0.15, 0.2) is 0 Å². The van der Waals surface area contributed by atoms with Gasteiger partial charge in [-0.2, -0.15) is 0 Å². The molecule has 2 fully saturated rings. The summed E-state index contributed by atoms with van der Waals surface area (Å²) in [6.07, 6.45) is 0.771. The van der Waals surface area contributed by atoms with E-state index in [0.29, 0.717) is 29.3 Å². The number of rotatable bonds is 7. The number of anilines is 1. The Morgan fingerprint density at radius 2 is 2.07 bits per heavy atom. The zero-order valence-electron chi connectivity index (χ0n) is 16.4. The van der Waals surface area contributed by atoms with Gasteiger partial charge in [-0.15, -0.1) is 0 Å². The molecule has 3 aliphatic rings. The van der Waals surface area contributed by atoms with Gasteiger partial charge in [-0.25, -0.2) is 0 Å². The Hall–Kier alpha value is -2.49. The van der Waals surface area contributed by atoms with Crippen molar-refractivity contribution in [3.8, 4) is 0 Å². The minimum absolute atomic E-state index is 0.0339. The molecule has 0 aliphatic carbocycles. The Morgan fingerprint density at radius 3 is 2.77 bits per heavy atom. The number of carbonyl (C=O) groups is 4. The number of ether oxygens (including phenoxy) is 1. The van der Waals surface area contributed by atoms with E-state index in [0.717, 1.165) is 0 Å². The Labute approximate surface area is 178 Å². The molecule has 2 saturated heterocycles. The third kappa shape index (κ3) is 3.00. The van der Waals surface area contributed by atoms with Crippen molar-refractivity contribution in [2.45, 2.75) is 30.8 Å². The molecule has 0 bridgehead atoms. The van der Waals surface area contributed by atoms with Crippen LogP contribution in [-0.4, -0.2) is 54.8 Å². The molecule has 4 rings (SSSR count). The van der Waals surface area contributed by atoms with Gasteiger partial charge in [-0.3, -0.25) is 29.4 Å². The molecule has 4 unspecified atom stereocenters. The van der Waals surface area contributed by atoms with Crippen molar-refractivity contribution in [1.82, 2.24) is 10.2 Å². The number of likely N-dealkylation sites (tertiary alicyclic amines) is 1. The van der Waals surface area contributed by atoms with E-state index in [-0.39, 0.29) is 25.3 Å². The lowest BCUT2D eigenvalue weighted by Gasteiger charge is -2.29. The number of nitrogens with zero attached hydrogens (tertiary/aromatic N) is 1. The Balaban J connectivity index is 1.77. The molecule has 0 radical (unpaired) electrons. The van der Waals surface area contributed by atoms with Crippen LogP contribution in [0.2, 0.25) is 5.02 Å². The van der Waals surface area contributed by atoms with E-state index in [4.69, 9.17) is 22.1 Å². The quantitative estimate of drug-likeness (QED) is 0.419. The number of methoxy groups -OCH3 is 1. The summed E-state index contributed by atoms with van der Waals surface area (Å²) in [5.41, 5.74) is 4.97. The molecule has 4 atom stereocenters. The number of amides is 4. The summed E-state index contributed by atoms with van der Waals surface area (Å²) in [5.74, 6) is -3.36. The predicted octanol–water partition coefficient (Wildman–Crippen LogP) is 0.362. The fourth-order valence-electron chi connectivity index (χ4n) is 4.97. The first-order valence-electron chi connectivity index (χ1n) is 9.83. The zero-order valence-corrected chi connectivity index (χ0v) is 17.2. The van der Waals surface area contributed by atoms with Crippen LogP contribution in [0.25, 0.3) is 0 Å². The van der Waals surface area contributed by atoms with Gasteiger partial charge in [0, 0.05) is 49.0 Å². The molecular formula is C20H23ClN4O5. The van der Waals surface area contributed by atoms with Crippen LogP contribution in [0.15, 0.2) is 18.2 Å². The number of nitrogens with two attached hydrogens (primary N) is 1. The Bertz CT molecular complexity index is 938. The minimum Gasteiger partial charge on any atom is -0.385 e. The molecule has 0 saturated carbocycles. The molecule has 1 aromatic rings. The molecule has 160 valence electrons. The van der Waals surface area contributed by atoms with Crippen molar-refractivity contribution >= 4 is 40.9 Å². The molecule has 30 heavy (non-hydrogen) atoms. The van der Waals surface area contributed by atoms with Crippen molar-refractivity contribution in [3.05, 3.63) is 28.8 Å². The van der Waals surface area contributed by atoms with E-state index < -0.39 is 41.1 Å². The fourth-order valence-corrected chi connectivity index (χ4v) is 5.14. The lowest BCUT2D eigenvalue weighted by atomic mass is 9.76. The summed E-state index contributed by atoms with van der Waals surface area (Å²) in [5, 5.41) is 6.45. The summed E-state index contributed by atoms with van der Waals surface area (Å²) in [7, 11) is 1.55. The lowest BCUT2D eigenvalue weighted by Crippen LogP contribution is -2.53. The van der Waals surface area contributed by atoms with Crippen LogP contribution in [0.3, 0.4) is 0 Å². The highest BCUT2D eigenvalue weighted by molar-refractivity contribution is 6.31. The molecule has 4 N–H and O–H groups in total. The van der Waals surface area contributed by atoms with Crippen LogP contribution < -0.4 is 16.4 Å². The second-order valence-corrected chi connectivity index (χ2v) is 8.32. The van der Waals surface area contributed by atoms with E-state index in [1.807, 2.05) is 0 Å². The van der Waals surface area contributed by atoms with E-state index >= 15 is 0 Å². The number of benzene rings is 1. The first-order valence-corrected chi connectivity index (χ1v) is 10.2. The van der Waals surface area contributed by atoms with Gasteiger partial charge in [-0.05, 0) is 31.0 Å². The molecular weight excluding hydrogens is 412 g/mol. The van der Waals surface area contributed by atoms with Crippen molar-refractivity contribution < 1.29 is 23.9 Å². The third-order valence-corrected chi connectivity index (χ3v) is 6.44. The van der Waals surface area contributed by atoms with Crippen LogP contribution in [0.4, 0.5) is 5.69 Å². The van der Waals surface area contributed by atoms with Gasteiger partial charge in [0.2, 0.25) is 23.6 Å². The third-order valence-electron chi connectivity index (χ3n) is 6.20. The second kappa shape index (κ2) is 7.64. The maximum atomic E-state index is 13.4. The SMILES string of the molecule is COCCCN1C(=O)C2C(CCC(N)=O)NC3(C(=O)Nc4ccc(Cl)cc43)C2C1=O. The van der Waals surface area contributed by atoms with Crippen molar-refractivity contribution in [2.75, 3.05) is 25.6 Å². The fraction of sp³-hybridized carbons (Fsp3) is 0.500. The number of hydrogen-bond donors (Lipinski definition) is 3. The lowest BCUT2D eigenvalue weighted by molar-refractivity contribution is -0.143. The van der Waals surface area contributed by atoms with Crippen molar-refractivity contribution in [3.63, 3.8) is 0 Å². The Kier molecular flexibility index (Phi) is 5.29. The Morgan fingerprint density at radius 1 is 1.30 bits per heavy atom. The number of nitrogens with one attached hydrogen (secondary N) is 2. The highest BCUT2D eigenvalue weighted by atomic mass is 35.5. The van der Waals surface area contributed by atoms with E-state index in [9.17, 15) is 19.2 Å². The highest BCUT2D eigenvalue weighted by Crippen LogP contribution is 2.53. The summed E-state index contributed by atoms with van der Waals surface area (Å²) >= 11 is 6.19. The minimum atomic E-state index is -1.42. The number of imide groups is 1. The van der Waals surface area contributed by atoms with Crippen LogP contribution in [-0.2, 0) is 29.5 Å². The van der Waals surface area contributed by atoms with Gasteiger partial charge in [-0.1, -0.05) is 11.6 Å². The largest absolute Gasteiger partial charge is 0.385 e. The van der Waals surface area contributed by atoms with Crippen molar-refractivity contribution in [1.29, 1.82) is 0 Å². The van der Waals surface area contributed by atoms with E-state index in [2.05, 4.69) is 10.6 Å². The number of fused-ring (bicyclic) bond motifs is 4. The van der Waals surface area contributed by atoms with Gasteiger partial charge in [0.1, 0.15) is 5.54 Å². The molecule has 1 spiro atoms. The number of hydrogen-bond acceptors (Lipinski definition) is 6. The maximum Gasteiger partial charge on any atom is 0.250 e. The highest BCUT2D eigenvalue weighted by Gasteiger charge is 2.70. The van der Waals surface area contributed by atoms with Gasteiger partial charge in [0.05, 0.1) is 11.8 Å². The number of carbonyl (C=O) groups excluding carboxylic acids is 4. The van der Waals surface area contributed by atoms with Gasteiger partial charge >= 0.3 is 0 Å². The van der Waals surface area contributed by atoms with Gasteiger partial charge in [0.25, 0.3) is 0 Å². The summed E-state index contributed by atoms with van der Waals surface area (Å²) in [6.45, 7) is 0.612. The zero-order chi connectivity index (χ0) is 21.6. The summed E-state index contributed by atoms with van der Waals surface area (Å²) in [4.78, 5) is 52.4. The van der Waals surface area contributed by atoms with Crippen LogP contribution in [0.5, 0.6) is 0 Å². The van der Waals surface area contributed by atoms with Crippen LogP contribution in [0, 0.1) is 11.8 Å². The maximum absolute atomic E-state index is 13.4. The standard InChI is InChI=1S/C20H23ClN4O5/c1-30-8-2-7-25-17(27)15-13(5-6-14(22)26)24-20(16(15)18(25)28)11-9-10(21)3-4-12(11)23-19(20)29/h3-4,9,13,15-16,24H,2,5-8H2,1H3,(H2,22,26)(H,23,29). The van der Waals surface area contributed by atoms with Crippen molar-refractivity contribution in [2.24, 2.45) is 17.6 Å². The average Bonchev–Trinajstić information content (AvgIpc) is 3.27. The molecule has 3 heterocycles. The first kappa shape index (κ1) is 20.8. The van der Waals surface area contributed by atoms with Gasteiger partial charge < -0.3 is 15.8 Å². The monoisotopic (exact) mass is 434 g/mol. The molecule has 3 aliphatic heterocycles. The van der Waals surface area contributed by atoms with E-state index in [1.54, 1.807) is 25.3 Å². The number of primary amides is 1. The normalized spacial score (nSPS) is 29.5. The molecule has 0 aromatic heterocycles. The van der Waals surface area contributed by atoms with Crippen LogP contribution in [0.1, 0.15) is 24.8 Å². The second-order valence-electron chi connectivity index (χ2n) is 7.89. The topological polar surface area (TPSA) is 131 Å². The predicted molar refractivity (Wildman–Crippen MR) is 107 cm³/mol. The molecule has 10 heteroatoms. The first-order chi connectivity index (χ1) is 14.3. The average molecular weight is 435 g/mol. The molecule has 4 amide bonds. The van der Waals surface area contributed by atoms with E-state index in [1.165, 1.54) is 4.90 Å². The smallest absolute Gasteiger partial charge is 0.250 e. The summed E-state index contributed by atoms with van der Waals surface area (Å²) < 4.78 is 5.03. The molecule has 1 aromatic carbocycles. The summed E-state index contributed by atoms with van der Waals surface area (Å²) in [6, 6.07) is 4.41.